The summed E-state index contributed by atoms with van der Waals surface area (Å²) in [4.78, 5) is 13.5. The molecule has 4 aromatic rings. The number of rotatable bonds is 5. The second-order valence-corrected chi connectivity index (χ2v) is 10.7. The van der Waals surface area contributed by atoms with Gasteiger partial charge in [0.25, 0.3) is 5.91 Å². The molecule has 8 heteroatoms. The van der Waals surface area contributed by atoms with Gasteiger partial charge in [0, 0.05) is 11.3 Å². The molecule has 1 N–H and O–H groups in total. The van der Waals surface area contributed by atoms with Gasteiger partial charge in [-0.1, -0.05) is 24.3 Å². The minimum absolute atomic E-state index is 0.0700. The molecule has 0 aliphatic heterocycles. The van der Waals surface area contributed by atoms with Gasteiger partial charge in [0.05, 0.1) is 32.8 Å². The molecule has 34 heavy (non-hydrogen) atoms. The average Bonchev–Trinajstić information content (AvgIpc) is 3.26. The summed E-state index contributed by atoms with van der Waals surface area (Å²) in [5.41, 5.74) is 1.36. The van der Waals surface area contributed by atoms with Crippen LogP contribution < -0.4 is 5.32 Å². The van der Waals surface area contributed by atoms with Crippen LogP contribution in [-0.4, -0.2) is 24.1 Å². The summed E-state index contributed by atoms with van der Waals surface area (Å²) >= 11 is 0. The van der Waals surface area contributed by atoms with Crippen LogP contribution in [0.2, 0.25) is 0 Å². The zero-order valence-corrected chi connectivity index (χ0v) is 19.8. The number of benzene rings is 3. The molecule has 1 heterocycles. The Labute approximate surface area is 198 Å². The Hall–Kier alpha value is -3.78. The molecular formula is C26H24FN3O3S. The topological polar surface area (TPSA) is 81.1 Å². The van der Waals surface area contributed by atoms with Gasteiger partial charge < -0.3 is 5.32 Å². The Balaban J connectivity index is 1.70. The zero-order chi connectivity index (χ0) is 24.5. The Morgan fingerprint density at radius 2 is 1.56 bits per heavy atom. The van der Waals surface area contributed by atoms with Crippen molar-refractivity contribution in [2.75, 3.05) is 5.32 Å². The maximum Gasteiger partial charge on any atom is 0.259 e. The maximum atomic E-state index is 13.5. The fourth-order valence-corrected chi connectivity index (χ4v) is 4.91. The number of amides is 1. The Kier molecular flexibility index (Phi) is 6.10. The summed E-state index contributed by atoms with van der Waals surface area (Å²) in [7, 11) is -3.74. The summed E-state index contributed by atoms with van der Waals surface area (Å²) < 4.78 is 41.2. The van der Waals surface area contributed by atoms with E-state index in [1.165, 1.54) is 42.6 Å². The molecule has 1 aromatic heterocycles. The van der Waals surface area contributed by atoms with Gasteiger partial charge in [0.1, 0.15) is 5.82 Å². The Morgan fingerprint density at radius 1 is 0.912 bits per heavy atom. The van der Waals surface area contributed by atoms with Gasteiger partial charge in [-0.3, -0.25) is 9.48 Å². The second-order valence-electron chi connectivity index (χ2n) is 8.79. The van der Waals surface area contributed by atoms with Crippen LogP contribution in [0.4, 0.5) is 10.1 Å². The zero-order valence-electron chi connectivity index (χ0n) is 19.0. The number of halogens is 1. The molecule has 0 unspecified atom stereocenters. The van der Waals surface area contributed by atoms with Gasteiger partial charge in [-0.2, -0.15) is 5.10 Å². The van der Waals surface area contributed by atoms with Crippen LogP contribution in [-0.2, 0) is 15.4 Å². The van der Waals surface area contributed by atoms with Crippen molar-refractivity contribution in [3.05, 3.63) is 96.4 Å². The van der Waals surface area contributed by atoms with Gasteiger partial charge in [0.15, 0.2) is 0 Å². The molecule has 0 bridgehead atoms. The highest BCUT2D eigenvalue weighted by Gasteiger charge is 2.26. The van der Waals surface area contributed by atoms with E-state index < -0.39 is 21.3 Å². The van der Waals surface area contributed by atoms with Crippen LogP contribution in [0.5, 0.6) is 0 Å². The number of hydrogen-bond donors (Lipinski definition) is 1. The smallest absolute Gasteiger partial charge is 0.259 e. The first kappa shape index (κ1) is 23.4. The third-order valence-corrected chi connectivity index (χ3v) is 6.99. The predicted molar refractivity (Wildman–Crippen MR) is 129 cm³/mol. The van der Waals surface area contributed by atoms with Crippen molar-refractivity contribution in [3.8, 4) is 11.3 Å². The van der Waals surface area contributed by atoms with E-state index in [-0.39, 0.29) is 21.2 Å². The van der Waals surface area contributed by atoms with Crippen molar-refractivity contribution in [2.45, 2.75) is 36.1 Å². The molecule has 0 aliphatic carbocycles. The number of carbonyl (C=O) groups is 1. The monoisotopic (exact) mass is 477 g/mol. The summed E-state index contributed by atoms with van der Waals surface area (Å²) in [6.07, 6.45) is 1.46. The first-order valence-corrected chi connectivity index (χ1v) is 12.1. The number of aromatic nitrogens is 2. The summed E-state index contributed by atoms with van der Waals surface area (Å²) in [5.74, 6) is -0.836. The first-order valence-electron chi connectivity index (χ1n) is 10.6. The normalized spacial score (nSPS) is 11.9. The molecule has 0 saturated carbocycles. The molecule has 0 radical (unpaired) electrons. The minimum atomic E-state index is -3.74. The second kappa shape index (κ2) is 8.87. The quantitative estimate of drug-likeness (QED) is 0.410. The van der Waals surface area contributed by atoms with Gasteiger partial charge in [-0.25, -0.2) is 12.8 Å². The Bertz CT molecular complexity index is 1440. The average molecular weight is 478 g/mol. The van der Waals surface area contributed by atoms with E-state index in [0.29, 0.717) is 16.9 Å². The van der Waals surface area contributed by atoms with Crippen LogP contribution in [0.15, 0.2) is 94.9 Å². The van der Waals surface area contributed by atoms with E-state index in [0.717, 1.165) is 0 Å². The predicted octanol–water partition coefficient (Wildman–Crippen LogP) is 5.53. The largest absolute Gasteiger partial charge is 0.322 e. The number of anilines is 1. The van der Waals surface area contributed by atoms with E-state index in [4.69, 9.17) is 0 Å². The number of nitrogens with zero attached hydrogens (tertiary/aromatic N) is 2. The van der Waals surface area contributed by atoms with Crippen LogP contribution >= 0.6 is 0 Å². The molecule has 0 saturated heterocycles. The van der Waals surface area contributed by atoms with Crippen molar-refractivity contribution >= 4 is 21.4 Å². The van der Waals surface area contributed by atoms with E-state index in [9.17, 15) is 17.6 Å². The van der Waals surface area contributed by atoms with Crippen LogP contribution in [0.3, 0.4) is 0 Å². The van der Waals surface area contributed by atoms with Gasteiger partial charge in [-0.15, -0.1) is 0 Å². The van der Waals surface area contributed by atoms with Crippen LogP contribution in [0, 0.1) is 5.82 Å². The fourth-order valence-electron chi connectivity index (χ4n) is 3.58. The lowest BCUT2D eigenvalue weighted by Gasteiger charge is -2.23. The van der Waals surface area contributed by atoms with Crippen molar-refractivity contribution in [3.63, 3.8) is 0 Å². The van der Waals surface area contributed by atoms with Crippen molar-refractivity contribution in [2.24, 2.45) is 0 Å². The molecule has 0 fully saturated rings. The molecule has 1 amide bonds. The summed E-state index contributed by atoms with van der Waals surface area (Å²) in [6, 6.07) is 20.1. The third kappa shape index (κ3) is 4.63. The molecule has 4 rings (SSSR count). The molecule has 174 valence electrons. The lowest BCUT2D eigenvalue weighted by atomic mass is 10.0. The number of carbonyl (C=O) groups excluding carboxylic acids is 1. The summed E-state index contributed by atoms with van der Waals surface area (Å²) in [6.45, 7) is 5.85. The standard InChI is InChI=1S/C26H24FN3O3S/c1-26(2,3)30-24(18-12-14-19(27)15-13-18)23(17-28-30)25(31)29-20-8-7-11-22(16-20)34(32,33)21-9-5-4-6-10-21/h4-17H,1-3H3,(H,29,31). The van der Waals surface area contributed by atoms with Gasteiger partial charge >= 0.3 is 0 Å². The van der Waals surface area contributed by atoms with Gasteiger partial charge in [0.2, 0.25) is 9.84 Å². The molecular weight excluding hydrogens is 453 g/mol. The number of hydrogen-bond acceptors (Lipinski definition) is 4. The van der Waals surface area contributed by atoms with E-state index in [1.807, 2.05) is 20.8 Å². The van der Waals surface area contributed by atoms with E-state index in [2.05, 4.69) is 10.4 Å². The highest BCUT2D eigenvalue weighted by Crippen LogP contribution is 2.30. The number of sulfone groups is 1. The molecule has 0 atom stereocenters. The van der Waals surface area contributed by atoms with Crippen LogP contribution in [0.1, 0.15) is 31.1 Å². The lowest BCUT2D eigenvalue weighted by Crippen LogP contribution is -2.24. The SMILES string of the molecule is CC(C)(C)n1ncc(C(=O)Nc2cccc(S(=O)(=O)c3ccccc3)c2)c1-c1ccc(F)cc1. The summed E-state index contributed by atoms with van der Waals surface area (Å²) in [5, 5.41) is 7.19. The fraction of sp³-hybridized carbons (Fsp3) is 0.154. The molecule has 6 nitrogen and oxygen atoms in total. The van der Waals surface area contributed by atoms with Crippen LogP contribution in [0.25, 0.3) is 11.3 Å². The van der Waals surface area contributed by atoms with Crippen molar-refractivity contribution in [1.29, 1.82) is 0 Å². The van der Waals surface area contributed by atoms with Gasteiger partial charge in [-0.05, 0) is 75.4 Å². The Morgan fingerprint density at radius 3 is 2.21 bits per heavy atom. The van der Waals surface area contributed by atoms with E-state index >= 15 is 0 Å². The van der Waals surface area contributed by atoms with Crippen molar-refractivity contribution < 1.29 is 17.6 Å². The number of nitrogens with one attached hydrogen (secondary N) is 1. The first-order chi connectivity index (χ1) is 16.1. The highest BCUT2D eigenvalue weighted by atomic mass is 32.2. The molecule has 0 aliphatic rings. The lowest BCUT2D eigenvalue weighted by molar-refractivity contribution is 0.102. The third-order valence-electron chi connectivity index (χ3n) is 5.22. The minimum Gasteiger partial charge on any atom is -0.322 e. The molecule has 0 spiro atoms. The van der Waals surface area contributed by atoms with Crippen molar-refractivity contribution in [1.82, 2.24) is 9.78 Å². The van der Waals surface area contributed by atoms with E-state index in [1.54, 1.807) is 47.1 Å². The molecule has 3 aromatic carbocycles. The maximum absolute atomic E-state index is 13.5. The highest BCUT2D eigenvalue weighted by molar-refractivity contribution is 7.91.